The number of aromatic nitrogens is 2. The highest BCUT2D eigenvalue weighted by atomic mass is 32.2. The van der Waals surface area contributed by atoms with Crippen molar-refractivity contribution >= 4 is 38.1 Å². The van der Waals surface area contributed by atoms with E-state index in [9.17, 15) is 17.2 Å². The number of halogens is 2. The summed E-state index contributed by atoms with van der Waals surface area (Å²) in [5.74, 6) is -0.833. The summed E-state index contributed by atoms with van der Waals surface area (Å²) in [4.78, 5) is -0.149. The van der Waals surface area contributed by atoms with Crippen molar-refractivity contribution in [2.75, 3.05) is 10.0 Å². The molecule has 3 aromatic carbocycles. The topological polar surface area (TPSA) is 97.1 Å². The van der Waals surface area contributed by atoms with Gasteiger partial charge in [-0.3, -0.25) is 4.72 Å². The van der Waals surface area contributed by atoms with Crippen LogP contribution in [-0.2, 0) is 10.0 Å². The van der Waals surface area contributed by atoms with Crippen LogP contribution in [0.15, 0.2) is 58.1 Å². The maximum Gasteiger partial charge on any atom is 0.264 e. The Bertz CT molecular complexity index is 1370. The zero-order valence-electron chi connectivity index (χ0n) is 15.9. The van der Waals surface area contributed by atoms with Crippen LogP contribution in [0.2, 0.25) is 0 Å². The summed E-state index contributed by atoms with van der Waals surface area (Å²) in [5, 5.41) is 10.6. The maximum absolute atomic E-state index is 13.3. The lowest BCUT2D eigenvalue weighted by Crippen LogP contribution is -2.14. The normalized spacial score (nSPS) is 11.6. The fourth-order valence-corrected chi connectivity index (χ4v) is 4.28. The first-order valence-corrected chi connectivity index (χ1v) is 10.3. The number of rotatable bonds is 5. The van der Waals surface area contributed by atoms with Crippen LogP contribution >= 0.6 is 0 Å². The average molecular weight is 430 g/mol. The van der Waals surface area contributed by atoms with Gasteiger partial charge in [0.1, 0.15) is 16.5 Å². The first-order chi connectivity index (χ1) is 14.2. The number of nitrogens with zero attached hydrogens (tertiary/aromatic N) is 2. The fraction of sp³-hybridized carbons (Fsp3) is 0.100. The van der Waals surface area contributed by atoms with Crippen LogP contribution in [0.25, 0.3) is 11.0 Å². The van der Waals surface area contributed by atoms with Gasteiger partial charge in [-0.25, -0.2) is 21.8 Å². The number of sulfonamides is 1. The molecule has 154 valence electrons. The lowest BCUT2D eigenvalue weighted by molar-refractivity contribution is 0.315. The molecule has 10 heteroatoms. The Morgan fingerprint density at radius 3 is 2.00 bits per heavy atom. The lowest BCUT2D eigenvalue weighted by Gasteiger charge is -2.13. The molecule has 0 spiro atoms. The molecule has 0 saturated carbocycles. The van der Waals surface area contributed by atoms with Crippen molar-refractivity contribution in [3.63, 3.8) is 0 Å². The molecule has 1 aromatic heterocycles. The zero-order chi connectivity index (χ0) is 21.5. The van der Waals surface area contributed by atoms with Crippen molar-refractivity contribution in [3.05, 3.63) is 71.3 Å². The van der Waals surface area contributed by atoms with Crippen molar-refractivity contribution in [1.82, 2.24) is 10.3 Å². The average Bonchev–Trinajstić information content (AvgIpc) is 3.16. The van der Waals surface area contributed by atoms with Gasteiger partial charge in [-0.15, -0.1) is 0 Å². The number of hydrogen-bond acceptors (Lipinski definition) is 6. The minimum Gasteiger partial charge on any atom is -0.353 e. The zero-order valence-corrected chi connectivity index (χ0v) is 16.7. The van der Waals surface area contributed by atoms with Gasteiger partial charge in [-0.05, 0) is 83.8 Å². The minimum absolute atomic E-state index is 0.0204. The van der Waals surface area contributed by atoms with Gasteiger partial charge in [0.05, 0.1) is 11.4 Å². The Labute approximate surface area is 170 Å². The van der Waals surface area contributed by atoms with E-state index in [1.807, 2.05) is 0 Å². The molecule has 4 rings (SSSR count). The second kappa shape index (κ2) is 7.38. The second-order valence-corrected chi connectivity index (χ2v) is 8.37. The summed E-state index contributed by atoms with van der Waals surface area (Å²) in [6, 6.07) is 10.8. The van der Waals surface area contributed by atoms with Crippen LogP contribution in [0.1, 0.15) is 11.1 Å². The number of anilines is 3. The van der Waals surface area contributed by atoms with Gasteiger partial charge in [0.2, 0.25) is 0 Å². The van der Waals surface area contributed by atoms with Gasteiger partial charge in [0.25, 0.3) is 10.0 Å². The highest BCUT2D eigenvalue weighted by Gasteiger charge is 2.23. The third-order valence-electron chi connectivity index (χ3n) is 4.56. The molecule has 0 radical (unpaired) electrons. The van der Waals surface area contributed by atoms with Gasteiger partial charge in [0, 0.05) is 5.69 Å². The molecule has 0 fully saturated rings. The number of aryl methyl sites for hydroxylation is 2. The van der Waals surface area contributed by atoms with Gasteiger partial charge in [0.15, 0.2) is 11.0 Å². The predicted octanol–water partition coefficient (Wildman–Crippen LogP) is 4.66. The standard InChI is InChI=1S/C20H16F2N4O3S/c1-11-9-13(21)3-5-15(11)23-17-7-8-18(20-19(17)24-29-25-20)30(27,28)26-16-6-4-14(22)10-12(16)2/h3-10,23,26H,1-2H3. The Morgan fingerprint density at radius 2 is 1.37 bits per heavy atom. The molecule has 1 heterocycles. The fourth-order valence-electron chi connectivity index (χ4n) is 3.02. The van der Waals surface area contributed by atoms with E-state index in [0.717, 1.165) is 6.07 Å². The van der Waals surface area contributed by atoms with Crippen LogP contribution in [0.4, 0.5) is 25.8 Å². The largest absolute Gasteiger partial charge is 0.353 e. The first-order valence-electron chi connectivity index (χ1n) is 8.82. The predicted molar refractivity (Wildman–Crippen MR) is 108 cm³/mol. The monoisotopic (exact) mass is 430 g/mol. The van der Waals surface area contributed by atoms with E-state index < -0.39 is 15.8 Å². The molecule has 0 aliphatic rings. The van der Waals surface area contributed by atoms with E-state index in [2.05, 4.69) is 20.4 Å². The van der Waals surface area contributed by atoms with Crippen LogP contribution in [0.5, 0.6) is 0 Å². The molecule has 0 aliphatic carbocycles. The van der Waals surface area contributed by atoms with E-state index in [-0.39, 0.29) is 27.4 Å². The summed E-state index contributed by atoms with van der Waals surface area (Å²) in [7, 11) is -4.06. The quantitative estimate of drug-likeness (QED) is 0.478. The van der Waals surface area contributed by atoms with E-state index in [1.54, 1.807) is 19.9 Å². The Hall–Kier alpha value is -3.53. The molecule has 0 unspecified atom stereocenters. The summed E-state index contributed by atoms with van der Waals surface area (Å²) in [6.45, 7) is 3.32. The number of benzene rings is 3. The molecule has 0 amide bonds. The van der Waals surface area contributed by atoms with Crippen molar-refractivity contribution in [2.45, 2.75) is 18.7 Å². The van der Waals surface area contributed by atoms with Gasteiger partial charge < -0.3 is 5.32 Å². The molecular formula is C20H16F2N4O3S. The van der Waals surface area contributed by atoms with Gasteiger partial charge in [-0.1, -0.05) is 0 Å². The van der Waals surface area contributed by atoms with Crippen molar-refractivity contribution in [1.29, 1.82) is 0 Å². The Balaban J connectivity index is 1.73. The molecule has 0 bridgehead atoms. The summed E-state index contributed by atoms with van der Waals surface area (Å²) >= 11 is 0. The van der Waals surface area contributed by atoms with Crippen molar-refractivity contribution < 1.29 is 21.8 Å². The highest BCUT2D eigenvalue weighted by Crippen LogP contribution is 2.31. The molecule has 7 nitrogen and oxygen atoms in total. The molecule has 0 aliphatic heterocycles. The van der Waals surface area contributed by atoms with Crippen LogP contribution in [-0.4, -0.2) is 18.7 Å². The van der Waals surface area contributed by atoms with Crippen LogP contribution < -0.4 is 10.0 Å². The molecule has 0 saturated heterocycles. The molecular weight excluding hydrogens is 414 g/mol. The smallest absolute Gasteiger partial charge is 0.264 e. The Kier molecular flexibility index (Phi) is 4.86. The van der Waals surface area contributed by atoms with Crippen molar-refractivity contribution in [2.24, 2.45) is 0 Å². The van der Waals surface area contributed by atoms with Crippen LogP contribution in [0.3, 0.4) is 0 Å². The molecule has 2 N–H and O–H groups in total. The first kappa shape index (κ1) is 19.8. The van der Waals surface area contributed by atoms with E-state index >= 15 is 0 Å². The minimum atomic E-state index is -4.06. The summed E-state index contributed by atoms with van der Waals surface area (Å²) in [5.41, 5.74) is 2.60. The third-order valence-corrected chi connectivity index (χ3v) is 5.96. The summed E-state index contributed by atoms with van der Waals surface area (Å²) in [6.07, 6.45) is 0. The molecule has 0 atom stereocenters. The van der Waals surface area contributed by atoms with E-state index in [0.29, 0.717) is 22.5 Å². The van der Waals surface area contributed by atoms with Gasteiger partial charge >= 0.3 is 0 Å². The molecule has 30 heavy (non-hydrogen) atoms. The third kappa shape index (κ3) is 3.69. The maximum atomic E-state index is 13.3. The molecule has 4 aromatic rings. The second-order valence-electron chi connectivity index (χ2n) is 6.72. The SMILES string of the molecule is Cc1cc(F)ccc1Nc1ccc(S(=O)(=O)Nc2ccc(F)cc2C)c2nonc12. The van der Waals surface area contributed by atoms with E-state index in [1.165, 1.54) is 36.4 Å². The summed E-state index contributed by atoms with van der Waals surface area (Å²) < 4.78 is 59.7. The van der Waals surface area contributed by atoms with Crippen LogP contribution in [0, 0.1) is 25.5 Å². The van der Waals surface area contributed by atoms with Crippen molar-refractivity contribution in [3.8, 4) is 0 Å². The number of fused-ring (bicyclic) bond motifs is 1. The number of hydrogen-bond donors (Lipinski definition) is 2. The highest BCUT2D eigenvalue weighted by molar-refractivity contribution is 7.93. The number of nitrogens with one attached hydrogen (secondary N) is 2. The lowest BCUT2D eigenvalue weighted by atomic mass is 10.2. The van der Waals surface area contributed by atoms with Gasteiger partial charge in [-0.2, -0.15) is 0 Å². The van der Waals surface area contributed by atoms with E-state index in [4.69, 9.17) is 4.63 Å². The Morgan fingerprint density at radius 1 is 0.800 bits per heavy atom.